The topological polar surface area (TPSA) is 37.4 Å². The minimum Gasteiger partial charge on any atom is -0.385 e. The molecule has 19 heavy (non-hydrogen) atoms. The van der Waals surface area contributed by atoms with Gasteiger partial charge in [0.15, 0.2) is 5.13 Å². The average molecular weight is 285 g/mol. The first kappa shape index (κ1) is 16.4. The van der Waals surface area contributed by atoms with Crippen molar-refractivity contribution < 1.29 is 4.74 Å². The lowest BCUT2D eigenvalue weighted by Crippen LogP contribution is -2.20. The summed E-state index contributed by atoms with van der Waals surface area (Å²) in [6, 6.07) is 0. The van der Waals surface area contributed by atoms with Crippen molar-refractivity contribution in [3.05, 3.63) is 10.6 Å². The number of nitrogens with zero attached hydrogens (tertiary/aromatic N) is 2. The molecule has 0 fully saturated rings. The molecule has 5 heteroatoms. The van der Waals surface area contributed by atoms with Gasteiger partial charge in [0.05, 0.1) is 5.69 Å². The highest BCUT2D eigenvalue weighted by Gasteiger charge is 2.23. The highest BCUT2D eigenvalue weighted by molar-refractivity contribution is 7.15. The van der Waals surface area contributed by atoms with Gasteiger partial charge in [-0.1, -0.05) is 20.8 Å². The Kier molecular flexibility index (Phi) is 6.23. The van der Waals surface area contributed by atoms with Gasteiger partial charge in [0, 0.05) is 44.1 Å². The van der Waals surface area contributed by atoms with E-state index in [0.29, 0.717) is 0 Å². The summed E-state index contributed by atoms with van der Waals surface area (Å²) >= 11 is 1.79. The second-order valence-corrected chi connectivity index (χ2v) is 6.88. The summed E-state index contributed by atoms with van der Waals surface area (Å²) in [4.78, 5) is 8.40. The molecule has 1 N–H and O–H groups in total. The molecule has 1 rings (SSSR count). The lowest BCUT2D eigenvalue weighted by Gasteiger charge is -2.18. The van der Waals surface area contributed by atoms with E-state index >= 15 is 0 Å². The van der Waals surface area contributed by atoms with Crippen molar-refractivity contribution in [1.29, 1.82) is 0 Å². The van der Waals surface area contributed by atoms with Gasteiger partial charge in [-0.25, -0.2) is 4.98 Å². The molecule has 0 saturated carbocycles. The number of methoxy groups -OCH3 is 1. The molecule has 1 heterocycles. The molecular weight excluding hydrogens is 258 g/mol. The van der Waals surface area contributed by atoms with Crippen molar-refractivity contribution in [3.8, 4) is 0 Å². The monoisotopic (exact) mass is 285 g/mol. The Morgan fingerprint density at radius 3 is 2.58 bits per heavy atom. The van der Waals surface area contributed by atoms with Gasteiger partial charge in [-0.2, -0.15) is 0 Å². The summed E-state index contributed by atoms with van der Waals surface area (Å²) in [6.07, 6.45) is 1.03. The molecule has 4 nitrogen and oxygen atoms in total. The summed E-state index contributed by atoms with van der Waals surface area (Å²) in [5, 5.41) is 4.34. The number of hydrogen-bond donors (Lipinski definition) is 1. The fourth-order valence-electron chi connectivity index (χ4n) is 1.91. The summed E-state index contributed by atoms with van der Waals surface area (Å²) in [5.74, 6) is 0. The summed E-state index contributed by atoms with van der Waals surface area (Å²) in [6.45, 7) is 9.31. The molecule has 0 bridgehead atoms. The predicted molar refractivity (Wildman–Crippen MR) is 83.3 cm³/mol. The second kappa shape index (κ2) is 7.22. The van der Waals surface area contributed by atoms with Gasteiger partial charge in [-0.15, -0.1) is 11.3 Å². The Labute approximate surface area is 121 Å². The van der Waals surface area contributed by atoms with Crippen LogP contribution in [0.2, 0.25) is 0 Å². The number of aromatic nitrogens is 1. The van der Waals surface area contributed by atoms with Crippen LogP contribution < -0.4 is 10.2 Å². The SMILES string of the molecule is CNCc1sc(N(C)CCCOC)nc1C(C)(C)C. The molecule has 0 aliphatic heterocycles. The Balaban J connectivity index is 2.85. The van der Waals surface area contributed by atoms with Gasteiger partial charge in [-0.3, -0.25) is 0 Å². The number of thiazole rings is 1. The summed E-state index contributed by atoms with van der Waals surface area (Å²) in [5.41, 5.74) is 1.30. The summed E-state index contributed by atoms with van der Waals surface area (Å²) < 4.78 is 5.10. The van der Waals surface area contributed by atoms with E-state index in [4.69, 9.17) is 9.72 Å². The van der Waals surface area contributed by atoms with Crippen LogP contribution in [-0.2, 0) is 16.7 Å². The van der Waals surface area contributed by atoms with E-state index in [-0.39, 0.29) is 5.41 Å². The normalized spacial score (nSPS) is 11.9. The van der Waals surface area contributed by atoms with Crippen LogP contribution in [0.1, 0.15) is 37.8 Å². The number of anilines is 1. The molecule has 1 aromatic heterocycles. The number of hydrogen-bond acceptors (Lipinski definition) is 5. The zero-order chi connectivity index (χ0) is 14.5. The number of rotatable bonds is 7. The maximum atomic E-state index is 5.10. The van der Waals surface area contributed by atoms with E-state index in [1.54, 1.807) is 18.4 Å². The van der Waals surface area contributed by atoms with Crippen LogP contribution >= 0.6 is 11.3 Å². The second-order valence-electron chi connectivity index (χ2n) is 5.82. The Bertz CT molecular complexity index is 385. The maximum absolute atomic E-state index is 5.10. The van der Waals surface area contributed by atoms with Gasteiger partial charge in [0.1, 0.15) is 0 Å². The minimum atomic E-state index is 0.0916. The summed E-state index contributed by atoms with van der Waals surface area (Å²) in [7, 11) is 5.82. The molecule has 0 aromatic carbocycles. The molecule has 0 aliphatic rings. The van der Waals surface area contributed by atoms with Crippen LogP contribution in [0.3, 0.4) is 0 Å². The molecule has 1 aromatic rings. The fraction of sp³-hybridized carbons (Fsp3) is 0.786. The lowest BCUT2D eigenvalue weighted by atomic mass is 9.91. The molecule has 0 saturated heterocycles. The van der Waals surface area contributed by atoms with E-state index in [1.807, 2.05) is 7.05 Å². The molecule has 0 amide bonds. The largest absolute Gasteiger partial charge is 0.385 e. The Morgan fingerprint density at radius 2 is 2.05 bits per heavy atom. The predicted octanol–water partition coefficient (Wildman–Crippen LogP) is 2.63. The fourth-order valence-corrected chi connectivity index (χ4v) is 3.18. The third-order valence-corrected chi connectivity index (χ3v) is 4.07. The van der Waals surface area contributed by atoms with E-state index in [2.05, 4.69) is 38.0 Å². The van der Waals surface area contributed by atoms with Crippen LogP contribution in [0.4, 0.5) is 5.13 Å². The average Bonchev–Trinajstić information content (AvgIpc) is 2.73. The van der Waals surface area contributed by atoms with Crippen LogP contribution in [0.15, 0.2) is 0 Å². The van der Waals surface area contributed by atoms with Crippen molar-refractivity contribution in [1.82, 2.24) is 10.3 Å². The Hall–Kier alpha value is -0.650. The molecule has 0 atom stereocenters. The highest BCUT2D eigenvalue weighted by Crippen LogP contribution is 2.33. The molecule has 0 unspecified atom stereocenters. The van der Waals surface area contributed by atoms with Crippen molar-refractivity contribution in [2.24, 2.45) is 0 Å². The van der Waals surface area contributed by atoms with Gasteiger partial charge in [0.2, 0.25) is 0 Å². The lowest BCUT2D eigenvalue weighted by molar-refractivity contribution is 0.196. The number of nitrogens with one attached hydrogen (secondary N) is 1. The molecule has 110 valence electrons. The van der Waals surface area contributed by atoms with Crippen molar-refractivity contribution in [2.75, 3.05) is 39.3 Å². The van der Waals surface area contributed by atoms with Gasteiger partial charge in [0.25, 0.3) is 0 Å². The van der Waals surface area contributed by atoms with Crippen LogP contribution in [0.25, 0.3) is 0 Å². The van der Waals surface area contributed by atoms with E-state index in [0.717, 1.165) is 31.2 Å². The first-order chi connectivity index (χ1) is 8.90. The standard InChI is InChI=1S/C14H27N3OS/c1-14(2,3)12-11(10-15-4)19-13(16-12)17(5)8-7-9-18-6/h15H,7-10H2,1-6H3. The molecule has 0 spiro atoms. The van der Waals surface area contributed by atoms with Crippen LogP contribution in [-0.4, -0.2) is 39.3 Å². The maximum Gasteiger partial charge on any atom is 0.185 e. The first-order valence-corrected chi connectivity index (χ1v) is 7.56. The van der Waals surface area contributed by atoms with Gasteiger partial charge >= 0.3 is 0 Å². The van der Waals surface area contributed by atoms with Crippen LogP contribution in [0, 0.1) is 0 Å². The Morgan fingerprint density at radius 1 is 1.37 bits per heavy atom. The molecule has 0 aliphatic carbocycles. The van der Waals surface area contributed by atoms with E-state index in [9.17, 15) is 0 Å². The van der Waals surface area contributed by atoms with Gasteiger partial charge in [-0.05, 0) is 13.5 Å². The third kappa shape index (κ3) is 4.75. The molecule has 0 radical (unpaired) electrons. The van der Waals surface area contributed by atoms with Gasteiger partial charge < -0.3 is 15.0 Å². The minimum absolute atomic E-state index is 0.0916. The first-order valence-electron chi connectivity index (χ1n) is 6.75. The van der Waals surface area contributed by atoms with Crippen molar-refractivity contribution >= 4 is 16.5 Å². The molecular formula is C14H27N3OS. The van der Waals surface area contributed by atoms with Crippen LogP contribution in [0.5, 0.6) is 0 Å². The van der Waals surface area contributed by atoms with Crippen molar-refractivity contribution in [2.45, 2.75) is 39.2 Å². The smallest absolute Gasteiger partial charge is 0.185 e. The number of ether oxygens (including phenoxy) is 1. The zero-order valence-electron chi connectivity index (χ0n) is 13.0. The third-order valence-electron chi connectivity index (χ3n) is 2.90. The van der Waals surface area contributed by atoms with E-state index in [1.165, 1.54) is 10.6 Å². The quantitative estimate of drug-likeness (QED) is 0.782. The zero-order valence-corrected chi connectivity index (χ0v) is 13.9. The van der Waals surface area contributed by atoms with Crippen molar-refractivity contribution in [3.63, 3.8) is 0 Å². The highest BCUT2D eigenvalue weighted by atomic mass is 32.1. The van der Waals surface area contributed by atoms with E-state index < -0.39 is 0 Å².